The van der Waals surface area contributed by atoms with Gasteiger partial charge in [0.15, 0.2) is 0 Å². The van der Waals surface area contributed by atoms with Crippen LogP contribution in [0.5, 0.6) is 0 Å². The van der Waals surface area contributed by atoms with Crippen LogP contribution in [0.4, 0.5) is 0 Å². The van der Waals surface area contributed by atoms with Crippen molar-refractivity contribution in [2.45, 2.75) is 19.6 Å². The van der Waals surface area contributed by atoms with Gasteiger partial charge in [0.05, 0.1) is 20.4 Å². The van der Waals surface area contributed by atoms with Crippen molar-refractivity contribution >= 4 is 0 Å². The minimum Gasteiger partial charge on any atom is -0.870 e. The van der Waals surface area contributed by atoms with Gasteiger partial charge in [-0.2, -0.15) is 0 Å². The lowest BCUT2D eigenvalue weighted by atomic mass is 10.2. The molecule has 0 aliphatic heterocycles. The van der Waals surface area contributed by atoms with Gasteiger partial charge in [-0.05, 0) is 6.92 Å². The molecule has 0 aromatic heterocycles. The molecule has 0 saturated carbocycles. The van der Waals surface area contributed by atoms with Crippen LogP contribution >= 0.6 is 0 Å². The smallest absolute Gasteiger partial charge is 0.144 e. The zero-order valence-corrected chi connectivity index (χ0v) is 11.0. The Hall–Kier alpha value is -1.32. The van der Waals surface area contributed by atoms with Crippen molar-refractivity contribution in [1.82, 2.24) is 0 Å². The molecule has 0 spiro atoms. The third-order valence-electron chi connectivity index (χ3n) is 2.53. The monoisotopic (exact) mass is 237 g/mol. The molecular weight excluding hydrogens is 214 g/mol. The van der Waals surface area contributed by atoms with Gasteiger partial charge in [0.25, 0.3) is 0 Å². The van der Waals surface area contributed by atoms with Crippen molar-refractivity contribution in [1.29, 1.82) is 0 Å². The molecule has 1 rings (SSSR count). The maximum atomic E-state index is 5.36. The van der Waals surface area contributed by atoms with E-state index >= 15 is 0 Å². The molecule has 0 heterocycles. The fraction of sp³-hybridized carbons (Fsp3) is 0.429. The van der Waals surface area contributed by atoms with Crippen molar-refractivity contribution in [3.63, 3.8) is 0 Å². The van der Waals surface area contributed by atoms with Gasteiger partial charge in [0.1, 0.15) is 19.2 Å². The van der Waals surface area contributed by atoms with Gasteiger partial charge in [-0.1, -0.05) is 36.9 Å². The molecule has 3 heteroatoms. The highest BCUT2D eigenvalue weighted by Gasteiger charge is 2.19. The van der Waals surface area contributed by atoms with Crippen molar-refractivity contribution in [3.05, 3.63) is 48.7 Å². The molecule has 0 fully saturated rings. The average Bonchev–Trinajstić information content (AvgIpc) is 2.17. The molecule has 1 atom stereocenters. The van der Waals surface area contributed by atoms with E-state index in [-0.39, 0.29) is 11.6 Å². The largest absolute Gasteiger partial charge is 0.870 e. The Morgan fingerprint density at radius 3 is 2.41 bits per heavy atom. The Kier molecular flexibility index (Phi) is 6.54. The number of rotatable bonds is 6. The van der Waals surface area contributed by atoms with E-state index in [1.807, 2.05) is 6.07 Å². The second-order valence-electron chi connectivity index (χ2n) is 4.88. The first kappa shape index (κ1) is 15.7. The average molecular weight is 237 g/mol. The highest BCUT2D eigenvalue weighted by atomic mass is 16.5. The predicted octanol–water partition coefficient (Wildman–Crippen LogP) is 2.63. The molecule has 3 nitrogen and oxygen atoms in total. The summed E-state index contributed by atoms with van der Waals surface area (Å²) in [4.78, 5) is 0. The first-order valence-corrected chi connectivity index (χ1v) is 5.66. The molecular formula is C14H23NO2. The molecule has 0 amide bonds. The third-order valence-corrected chi connectivity index (χ3v) is 2.53. The number of likely N-dealkylation sites (N-methyl/N-ethyl adjacent to an activating group) is 1. The molecule has 1 aromatic carbocycles. The molecule has 0 aliphatic rings. The molecule has 0 bridgehead atoms. The summed E-state index contributed by atoms with van der Waals surface area (Å²) in [6.07, 6.45) is 1.73. The second-order valence-corrected chi connectivity index (χ2v) is 4.88. The first-order chi connectivity index (χ1) is 7.53. The van der Waals surface area contributed by atoms with Crippen LogP contribution in [0.2, 0.25) is 0 Å². The summed E-state index contributed by atoms with van der Waals surface area (Å²) in [5, 5.41) is 0. The summed E-state index contributed by atoms with van der Waals surface area (Å²) in [6, 6.07) is 10.5. The third kappa shape index (κ3) is 6.09. The van der Waals surface area contributed by atoms with Crippen molar-refractivity contribution < 1.29 is 14.7 Å². The van der Waals surface area contributed by atoms with E-state index in [2.05, 4.69) is 51.9 Å². The maximum Gasteiger partial charge on any atom is 0.144 e. The number of hydrogen-bond donors (Lipinski definition) is 0. The van der Waals surface area contributed by atoms with E-state index in [1.165, 1.54) is 11.8 Å². The van der Waals surface area contributed by atoms with Gasteiger partial charge < -0.3 is 14.7 Å². The van der Waals surface area contributed by atoms with E-state index in [1.54, 1.807) is 0 Å². The number of nitrogens with zero attached hydrogens (tertiary/aromatic N) is 1. The number of ether oxygens (including phenoxy) is 1. The Labute approximate surface area is 104 Å². The van der Waals surface area contributed by atoms with E-state index in [4.69, 9.17) is 4.74 Å². The molecule has 1 N–H and O–H groups in total. The van der Waals surface area contributed by atoms with Crippen molar-refractivity contribution in [2.24, 2.45) is 0 Å². The van der Waals surface area contributed by atoms with Crippen LogP contribution in [0.3, 0.4) is 0 Å². The summed E-state index contributed by atoms with van der Waals surface area (Å²) in [5.74, 6) is 0. The number of benzene rings is 1. The second kappa shape index (κ2) is 7.09. The lowest BCUT2D eigenvalue weighted by Crippen LogP contribution is -2.44. The molecule has 96 valence electrons. The summed E-state index contributed by atoms with van der Waals surface area (Å²) in [7, 11) is 4.44. The van der Waals surface area contributed by atoms with Gasteiger partial charge in [-0.25, -0.2) is 0 Å². The van der Waals surface area contributed by atoms with Crippen molar-refractivity contribution in [3.8, 4) is 0 Å². The molecule has 0 saturated heterocycles. The van der Waals surface area contributed by atoms with E-state index in [9.17, 15) is 0 Å². The number of hydrogen-bond acceptors (Lipinski definition) is 2. The highest BCUT2D eigenvalue weighted by molar-refractivity contribution is 5.13. The van der Waals surface area contributed by atoms with Crippen LogP contribution in [-0.2, 0) is 11.3 Å². The van der Waals surface area contributed by atoms with E-state index in [0.29, 0.717) is 0 Å². The van der Waals surface area contributed by atoms with Crippen LogP contribution in [0.1, 0.15) is 12.5 Å². The first-order valence-electron chi connectivity index (χ1n) is 5.66. The molecule has 1 aromatic rings. The Bertz CT molecular complexity index is 322. The van der Waals surface area contributed by atoms with Gasteiger partial charge in [-0.15, -0.1) is 0 Å². The van der Waals surface area contributed by atoms with Crippen LogP contribution in [0.25, 0.3) is 0 Å². The fourth-order valence-electron chi connectivity index (χ4n) is 2.05. The summed E-state index contributed by atoms with van der Waals surface area (Å²) in [6.45, 7) is 7.65. The molecule has 17 heavy (non-hydrogen) atoms. The van der Waals surface area contributed by atoms with Gasteiger partial charge in [-0.3, -0.25) is 0 Å². The SMILES string of the molecule is C=COC(C)C[N+](C)(C)Cc1ccccc1.[OH-]. The minimum atomic E-state index is 0. The van der Waals surface area contributed by atoms with Gasteiger partial charge >= 0.3 is 0 Å². The predicted molar refractivity (Wildman–Crippen MR) is 69.8 cm³/mol. The Balaban J connectivity index is 0.00000256. The topological polar surface area (TPSA) is 39.2 Å². The standard InChI is InChI=1S/C14H22NO.H2O/c1-5-16-13(2)11-15(3,4)12-14-9-7-6-8-10-14;/h5-10,13H,1,11-12H2,2-4H3;1H2/q+1;/p-1. The summed E-state index contributed by atoms with van der Waals surface area (Å²) in [5.41, 5.74) is 1.36. The maximum absolute atomic E-state index is 5.36. The Morgan fingerprint density at radius 2 is 1.88 bits per heavy atom. The highest BCUT2D eigenvalue weighted by Crippen LogP contribution is 2.10. The fourth-order valence-corrected chi connectivity index (χ4v) is 2.05. The van der Waals surface area contributed by atoms with Gasteiger partial charge in [0, 0.05) is 5.56 Å². The lowest BCUT2D eigenvalue weighted by molar-refractivity contribution is -0.906. The van der Waals surface area contributed by atoms with E-state index < -0.39 is 0 Å². The zero-order valence-electron chi connectivity index (χ0n) is 11.0. The van der Waals surface area contributed by atoms with Crippen molar-refractivity contribution in [2.75, 3.05) is 20.6 Å². The van der Waals surface area contributed by atoms with Crippen LogP contribution < -0.4 is 0 Å². The zero-order chi connectivity index (χ0) is 12.0. The Morgan fingerprint density at radius 1 is 1.29 bits per heavy atom. The lowest BCUT2D eigenvalue weighted by Gasteiger charge is -2.32. The summed E-state index contributed by atoms with van der Waals surface area (Å²) < 4.78 is 6.28. The molecule has 0 radical (unpaired) electrons. The quantitative estimate of drug-likeness (QED) is 0.563. The molecule has 0 aliphatic carbocycles. The van der Waals surface area contributed by atoms with Crippen LogP contribution in [-0.4, -0.2) is 36.7 Å². The van der Waals surface area contributed by atoms with Crippen LogP contribution in [0, 0.1) is 0 Å². The van der Waals surface area contributed by atoms with Crippen LogP contribution in [0.15, 0.2) is 43.2 Å². The number of quaternary nitrogens is 1. The minimum absolute atomic E-state index is 0. The van der Waals surface area contributed by atoms with E-state index in [0.717, 1.165) is 17.6 Å². The normalized spacial score (nSPS) is 12.4. The van der Waals surface area contributed by atoms with Gasteiger partial charge in [0.2, 0.25) is 0 Å². The molecule has 1 unspecified atom stereocenters. The summed E-state index contributed by atoms with van der Waals surface area (Å²) >= 11 is 0.